The number of nitrogens with zero attached hydrogens (tertiary/aromatic N) is 1. The Labute approximate surface area is 168 Å². The average Bonchev–Trinajstić information content (AvgIpc) is 3.42. The number of hydrogen-bond donors (Lipinski definition) is 2. The summed E-state index contributed by atoms with van der Waals surface area (Å²) in [5.41, 5.74) is 0.748. The number of carbonyl (C=O) groups is 2. The summed E-state index contributed by atoms with van der Waals surface area (Å²) in [6, 6.07) is 15.5. The van der Waals surface area contributed by atoms with Crippen LogP contribution < -0.4 is 10.6 Å². The third-order valence-corrected chi connectivity index (χ3v) is 5.31. The Morgan fingerprint density at radius 3 is 2.44 bits per heavy atom. The molecule has 2 N–H and O–H groups in total. The van der Waals surface area contributed by atoms with Gasteiger partial charge in [0, 0.05) is 20.9 Å². The Kier molecular flexibility index (Phi) is 6.77. The second-order valence-electron chi connectivity index (χ2n) is 6.61. The van der Waals surface area contributed by atoms with Crippen LogP contribution in [-0.2, 0) is 9.59 Å². The predicted octanol–water partition coefficient (Wildman–Crippen LogP) is 3.64. The summed E-state index contributed by atoms with van der Waals surface area (Å²) in [6.07, 6.45) is 2.11. The molecule has 2 aromatic carbocycles. The van der Waals surface area contributed by atoms with Crippen LogP contribution >= 0.6 is 23.4 Å². The predicted molar refractivity (Wildman–Crippen MR) is 109 cm³/mol. The van der Waals surface area contributed by atoms with Gasteiger partial charge in [0.1, 0.15) is 0 Å². The first-order chi connectivity index (χ1) is 13.0. The van der Waals surface area contributed by atoms with Crippen molar-refractivity contribution in [3.05, 3.63) is 53.6 Å². The van der Waals surface area contributed by atoms with E-state index in [4.69, 9.17) is 11.6 Å². The molecule has 2 amide bonds. The molecule has 27 heavy (non-hydrogen) atoms. The Balaban J connectivity index is 1.55. The summed E-state index contributed by atoms with van der Waals surface area (Å²) in [5, 5.41) is 6.55. The summed E-state index contributed by atoms with van der Waals surface area (Å²) in [7, 11) is 1.76. The quantitative estimate of drug-likeness (QED) is 0.706. The van der Waals surface area contributed by atoms with Crippen molar-refractivity contribution < 1.29 is 9.59 Å². The fourth-order valence-corrected chi connectivity index (χ4v) is 3.55. The third-order valence-electron chi connectivity index (χ3n) is 3.97. The normalized spacial score (nSPS) is 13.4. The number of rotatable bonds is 8. The molecule has 0 spiro atoms. The smallest absolute Gasteiger partial charge is 0.238 e. The summed E-state index contributed by atoms with van der Waals surface area (Å²) < 4.78 is 0. The molecule has 0 saturated heterocycles. The van der Waals surface area contributed by atoms with E-state index >= 15 is 0 Å². The molecule has 0 bridgehead atoms. The van der Waals surface area contributed by atoms with E-state index in [1.54, 1.807) is 23.7 Å². The van der Waals surface area contributed by atoms with E-state index < -0.39 is 0 Å². The molecule has 142 valence electrons. The first kappa shape index (κ1) is 19.7. The fourth-order valence-electron chi connectivity index (χ4n) is 2.53. The van der Waals surface area contributed by atoms with Gasteiger partial charge in [-0.2, -0.15) is 0 Å². The molecule has 0 aromatic heterocycles. The molecule has 1 fully saturated rings. The second-order valence-corrected chi connectivity index (χ2v) is 8.17. The van der Waals surface area contributed by atoms with Gasteiger partial charge in [0.2, 0.25) is 11.8 Å². The van der Waals surface area contributed by atoms with E-state index in [1.807, 2.05) is 48.5 Å². The van der Waals surface area contributed by atoms with E-state index in [9.17, 15) is 9.59 Å². The molecule has 2 aromatic rings. The lowest BCUT2D eigenvalue weighted by molar-refractivity contribution is -0.123. The van der Waals surface area contributed by atoms with E-state index in [0.29, 0.717) is 11.1 Å². The van der Waals surface area contributed by atoms with E-state index in [1.165, 1.54) is 0 Å². The van der Waals surface area contributed by atoms with Crippen LogP contribution in [0.3, 0.4) is 0 Å². The number of hydrogen-bond acceptors (Lipinski definition) is 4. The highest BCUT2D eigenvalue weighted by Gasteiger charge is 2.23. The zero-order valence-electron chi connectivity index (χ0n) is 15.1. The van der Waals surface area contributed by atoms with Crippen molar-refractivity contribution in [2.75, 3.05) is 25.5 Å². The van der Waals surface area contributed by atoms with Crippen LogP contribution in [0.5, 0.6) is 0 Å². The van der Waals surface area contributed by atoms with Gasteiger partial charge in [0.15, 0.2) is 0 Å². The molecule has 0 radical (unpaired) electrons. The van der Waals surface area contributed by atoms with Gasteiger partial charge in [0.25, 0.3) is 0 Å². The number of para-hydroxylation sites is 1. The number of benzene rings is 2. The maximum atomic E-state index is 12.4. The Morgan fingerprint density at radius 1 is 1.07 bits per heavy atom. The van der Waals surface area contributed by atoms with Crippen molar-refractivity contribution in [3.8, 4) is 0 Å². The number of likely N-dealkylation sites (N-methyl/N-ethyl adjacent to an activating group) is 1. The van der Waals surface area contributed by atoms with Crippen LogP contribution in [0, 0.1) is 0 Å². The molecule has 1 saturated carbocycles. The SMILES string of the molecule is CN(CC(=O)Nc1ccccc1Sc1ccc(Cl)cc1)CC(=O)NC1CC1. The number of amides is 2. The minimum absolute atomic E-state index is 0.0357. The Bertz CT molecular complexity index is 809. The molecule has 0 heterocycles. The van der Waals surface area contributed by atoms with Gasteiger partial charge in [-0.3, -0.25) is 14.5 Å². The molecule has 3 rings (SSSR count). The van der Waals surface area contributed by atoms with E-state index in [-0.39, 0.29) is 24.9 Å². The summed E-state index contributed by atoms with van der Waals surface area (Å²) in [6.45, 7) is 0.364. The second kappa shape index (κ2) is 9.26. The number of halogens is 1. The van der Waals surface area contributed by atoms with Gasteiger partial charge in [0.05, 0.1) is 18.8 Å². The minimum atomic E-state index is -0.152. The largest absolute Gasteiger partial charge is 0.352 e. The summed E-state index contributed by atoms with van der Waals surface area (Å²) in [5.74, 6) is -0.188. The van der Waals surface area contributed by atoms with E-state index in [2.05, 4.69) is 10.6 Å². The van der Waals surface area contributed by atoms with Gasteiger partial charge >= 0.3 is 0 Å². The van der Waals surface area contributed by atoms with E-state index in [0.717, 1.165) is 28.3 Å². The van der Waals surface area contributed by atoms with Crippen LogP contribution in [0.25, 0.3) is 0 Å². The lowest BCUT2D eigenvalue weighted by Gasteiger charge is -2.17. The van der Waals surface area contributed by atoms with Crippen LogP contribution in [0.2, 0.25) is 5.02 Å². The van der Waals surface area contributed by atoms with Crippen molar-refractivity contribution in [2.45, 2.75) is 28.7 Å². The standard InChI is InChI=1S/C20H22ClN3O2S/c1-24(12-19(25)22-15-8-9-15)13-20(26)23-17-4-2-3-5-18(17)27-16-10-6-14(21)7-11-16/h2-7,10-11,15H,8-9,12-13H2,1H3,(H,22,25)(H,23,26). The third kappa shape index (κ3) is 6.57. The fraction of sp³-hybridized carbons (Fsp3) is 0.300. The van der Waals surface area contributed by atoms with Crippen LogP contribution in [-0.4, -0.2) is 42.9 Å². The zero-order chi connectivity index (χ0) is 19.2. The van der Waals surface area contributed by atoms with Gasteiger partial charge in [-0.25, -0.2) is 0 Å². The molecule has 0 unspecified atom stereocenters. The van der Waals surface area contributed by atoms with Crippen molar-refractivity contribution >= 4 is 40.9 Å². The van der Waals surface area contributed by atoms with Crippen molar-refractivity contribution in [3.63, 3.8) is 0 Å². The lowest BCUT2D eigenvalue weighted by atomic mass is 10.3. The maximum Gasteiger partial charge on any atom is 0.238 e. The van der Waals surface area contributed by atoms with Crippen LogP contribution in [0.4, 0.5) is 5.69 Å². The first-order valence-corrected chi connectivity index (χ1v) is 9.99. The van der Waals surface area contributed by atoms with Gasteiger partial charge in [-0.15, -0.1) is 0 Å². The first-order valence-electron chi connectivity index (χ1n) is 8.80. The van der Waals surface area contributed by atoms with Crippen molar-refractivity contribution in [2.24, 2.45) is 0 Å². The van der Waals surface area contributed by atoms with Crippen LogP contribution in [0.15, 0.2) is 58.3 Å². The topological polar surface area (TPSA) is 61.4 Å². The molecular weight excluding hydrogens is 382 g/mol. The molecule has 0 atom stereocenters. The number of anilines is 1. The maximum absolute atomic E-state index is 12.4. The molecule has 0 aliphatic heterocycles. The summed E-state index contributed by atoms with van der Waals surface area (Å²) in [4.78, 5) is 27.9. The minimum Gasteiger partial charge on any atom is -0.352 e. The highest BCUT2D eigenvalue weighted by Crippen LogP contribution is 2.33. The molecular formula is C20H22ClN3O2S. The Hall–Kier alpha value is -2.02. The number of carbonyl (C=O) groups excluding carboxylic acids is 2. The van der Waals surface area contributed by atoms with Gasteiger partial charge in [-0.1, -0.05) is 35.5 Å². The van der Waals surface area contributed by atoms with Crippen LogP contribution in [0.1, 0.15) is 12.8 Å². The molecule has 7 heteroatoms. The average molecular weight is 404 g/mol. The molecule has 5 nitrogen and oxygen atoms in total. The highest BCUT2D eigenvalue weighted by atomic mass is 35.5. The lowest BCUT2D eigenvalue weighted by Crippen LogP contribution is -2.39. The molecule has 1 aliphatic carbocycles. The highest BCUT2D eigenvalue weighted by molar-refractivity contribution is 7.99. The molecule has 1 aliphatic rings. The van der Waals surface area contributed by atoms with Crippen molar-refractivity contribution in [1.82, 2.24) is 10.2 Å². The Morgan fingerprint density at radius 2 is 1.74 bits per heavy atom. The van der Waals surface area contributed by atoms with Crippen molar-refractivity contribution in [1.29, 1.82) is 0 Å². The van der Waals surface area contributed by atoms with Gasteiger partial charge < -0.3 is 10.6 Å². The zero-order valence-corrected chi connectivity index (χ0v) is 16.6. The van der Waals surface area contributed by atoms with Gasteiger partial charge in [-0.05, 0) is 56.3 Å². The monoisotopic (exact) mass is 403 g/mol. The number of nitrogens with one attached hydrogen (secondary N) is 2. The summed E-state index contributed by atoms with van der Waals surface area (Å²) >= 11 is 7.49.